The Bertz CT molecular complexity index is 1140. The average molecular weight is 500 g/mol. The minimum Gasteiger partial charge on any atom is -0.393 e. The number of aliphatic hydroxyl groups is 1. The van der Waals surface area contributed by atoms with Crippen molar-refractivity contribution in [2.24, 2.45) is 0 Å². The van der Waals surface area contributed by atoms with E-state index < -0.39 is 36.0 Å². The molecule has 0 radical (unpaired) electrons. The van der Waals surface area contributed by atoms with Crippen LogP contribution in [-0.2, 0) is 5.54 Å². The molecule has 2 aliphatic heterocycles. The van der Waals surface area contributed by atoms with Crippen LogP contribution in [0.5, 0.6) is 0 Å². The van der Waals surface area contributed by atoms with Crippen molar-refractivity contribution in [3.8, 4) is 0 Å². The lowest BCUT2D eigenvalue weighted by Gasteiger charge is -2.49. The molecule has 3 aliphatic rings. The summed E-state index contributed by atoms with van der Waals surface area (Å²) in [4.78, 5) is 19.5. The second-order valence-electron chi connectivity index (χ2n) is 10.2. The van der Waals surface area contributed by atoms with Crippen LogP contribution in [0.1, 0.15) is 36.8 Å². The molecule has 8 heteroatoms. The second-order valence-corrected chi connectivity index (χ2v) is 10.2. The summed E-state index contributed by atoms with van der Waals surface area (Å²) in [6, 6.07) is 11.3. The molecular weight excluding hydrogens is 467 g/mol. The smallest absolute Gasteiger partial charge is 0.321 e. The van der Waals surface area contributed by atoms with E-state index in [1.807, 2.05) is 30.1 Å². The topological polar surface area (TPSA) is 47.0 Å². The molecule has 2 amide bonds. The number of likely N-dealkylation sites (tertiary alicyclic amines) is 1. The van der Waals surface area contributed by atoms with Crippen molar-refractivity contribution in [3.63, 3.8) is 0 Å². The highest BCUT2D eigenvalue weighted by Crippen LogP contribution is 2.43. The van der Waals surface area contributed by atoms with Gasteiger partial charge in [-0.15, -0.1) is 0 Å². The zero-order valence-electron chi connectivity index (χ0n) is 20.4. The van der Waals surface area contributed by atoms with Crippen molar-refractivity contribution in [3.05, 3.63) is 77.4 Å². The van der Waals surface area contributed by atoms with E-state index in [0.29, 0.717) is 24.1 Å². The molecule has 1 aliphatic carbocycles. The van der Waals surface area contributed by atoms with Gasteiger partial charge < -0.3 is 19.8 Å². The summed E-state index contributed by atoms with van der Waals surface area (Å²) in [7, 11) is 1.87. The molecule has 5 nitrogen and oxygen atoms in total. The van der Waals surface area contributed by atoms with Crippen LogP contribution in [0.4, 0.5) is 18.0 Å². The number of carbonyl (C=O) groups excluding carboxylic acids is 1. The highest BCUT2D eigenvalue weighted by atomic mass is 19.1. The number of amides is 2. The lowest BCUT2D eigenvalue weighted by Crippen LogP contribution is -2.63. The van der Waals surface area contributed by atoms with E-state index >= 15 is 4.39 Å². The van der Waals surface area contributed by atoms with Gasteiger partial charge in [-0.2, -0.15) is 0 Å². The maximum absolute atomic E-state index is 15.3. The van der Waals surface area contributed by atoms with E-state index in [-0.39, 0.29) is 30.7 Å². The largest absolute Gasteiger partial charge is 0.393 e. The Kier molecular flexibility index (Phi) is 6.83. The Hall–Kier alpha value is -2.84. The molecule has 0 aromatic heterocycles. The van der Waals surface area contributed by atoms with Crippen LogP contribution < -0.4 is 0 Å². The molecule has 2 fully saturated rings. The van der Waals surface area contributed by atoms with E-state index in [0.717, 1.165) is 37.5 Å². The van der Waals surface area contributed by atoms with Gasteiger partial charge >= 0.3 is 6.03 Å². The molecule has 1 saturated carbocycles. The summed E-state index contributed by atoms with van der Waals surface area (Å²) in [5.74, 6) is -1.19. The number of benzene rings is 2. The summed E-state index contributed by atoms with van der Waals surface area (Å²) in [6.07, 6.45) is 3.57. The van der Waals surface area contributed by atoms with Crippen molar-refractivity contribution in [1.82, 2.24) is 14.7 Å². The Labute approximate surface area is 209 Å². The third kappa shape index (κ3) is 4.30. The van der Waals surface area contributed by atoms with Crippen LogP contribution in [-0.4, -0.2) is 77.4 Å². The highest BCUT2D eigenvalue weighted by molar-refractivity contribution is 5.84. The number of carbonyl (C=O) groups is 1. The summed E-state index contributed by atoms with van der Waals surface area (Å²) in [5, 5.41) is 10.8. The Morgan fingerprint density at radius 3 is 2.53 bits per heavy atom. The number of hydrogen-bond donors (Lipinski definition) is 1. The van der Waals surface area contributed by atoms with Gasteiger partial charge in [-0.3, -0.25) is 0 Å². The molecule has 0 spiro atoms. The van der Waals surface area contributed by atoms with Crippen LogP contribution in [0.3, 0.4) is 0 Å². The summed E-state index contributed by atoms with van der Waals surface area (Å²) < 4.78 is 44.2. The predicted molar refractivity (Wildman–Crippen MR) is 132 cm³/mol. The van der Waals surface area contributed by atoms with Crippen LogP contribution in [0, 0.1) is 11.6 Å². The van der Waals surface area contributed by atoms with E-state index in [9.17, 15) is 18.7 Å². The minimum absolute atomic E-state index is 0.0263. The fraction of sp³-hybridized carbons (Fsp3) is 0.464. The van der Waals surface area contributed by atoms with E-state index in [1.165, 1.54) is 4.90 Å². The molecule has 2 heterocycles. The van der Waals surface area contributed by atoms with Gasteiger partial charge in [0.1, 0.15) is 23.3 Å². The molecule has 36 heavy (non-hydrogen) atoms. The fourth-order valence-corrected chi connectivity index (χ4v) is 5.79. The number of halogens is 3. The first-order valence-corrected chi connectivity index (χ1v) is 12.6. The molecule has 2 aromatic rings. The van der Waals surface area contributed by atoms with Crippen LogP contribution in [0.2, 0.25) is 0 Å². The molecule has 5 rings (SSSR count). The maximum atomic E-state index is 15.3. The van der Waals surface area contributed by atoms with Crippen LogP contribution in [0.15, 0.2) is 54.6 Å². The first kappa shape index (κ1) is 24.8. The first-order chi connectivity index (χ1) is 17.3. The van der Waals surface area contributed by atoms with Crippen molar-refractivity contribution in [2.75, 3.05) is 33.3 Å². The van der Waals surface area contributed by atoms with Crippen LogP contribution >= 0.6 is 0 Å². The molecule has 0 bridgehead atoms. The quantitative estimate of drug-likeness (QED) is 0.656. The third-order valence-electron chi connectivity index (χ3n) is 8.00. The molecule has 2 unspecified atom stereocenters. The number of rotatable bonds is 5. The fourth-order valence-electron chi connectivity index (χ4n) is 5.79. The van der Waals surface area contributed by atoms with E-state index in [2.05, 4.69) is 0 Å². The Morgan fingerprint density at radius 2 is 1.89 bits per heavy atom. The zero-order chi connectivity index (χ0) is 25.4. The Balaban J connectivity index is 1.58. The van der Waals surface area contributed by atoms with Gasteiger partial charge in [0.2, 0.25) is 0 Å². The molecule has 192 valence electrons. The Morgan fingerprint density at radius 1 is 1.14 bits per heavy atom. The number of alkyl halides is 1. The van der Waals surface area contributed by atoms with E-state index in [1.54, 1.807) is 23.1 Å². The van der Waals surface area contributed by atoms with Crippen molar-refractivity contribution in [2.45, 2.75) is 49.5 Å². The molecule has 1 N–H and O–H groups in total. The molecule has 2 aromatic carbocycles. The van der Waals surface area contributed by atoms with Gasteiger partial charge in [-0.25, -0.2) is 18.0 Å². The van der Waals surface area contributed by atoms with Gasteiger partial charge in [-0.1, -0.05) is 30.3 Å². The van der Waals surface area contributed by atoms with Gasteiger partial charge in [0.25, 0.3) is 0 Å². The highest BCUT2D eigenvalue weighted by Gasteiger charge is 2.50. The number of urea groups is 1. The predicted octanol–water partition coefficient (Wildman–Crippen LogP) is 4.57. The average Bonchev–Trinajstić information content (AvgIpc) is 3.24. The lowest BCUT2D eigenvalue weighted by atomic mass is 9.87. The third-order valence-corrected chi connectivity index (χ3v) is 8.00. The standard InChI is InChI=1S/C28H32F3N3O2/c1-32-13-12-26(25(31)17-32)34(22-8-5-9-22)27(36)33-16-19(23-14-21(29)10-11-24(23)30)15-28(33,18-35)20-6-3-2-4-7-20/h2-4,6-7,10-11,14-15,22,25-26,35H,5,8-9,12-13,16-18H2,1H3/t25?,26?,28-/m1/s1. The lowest BCUT2D eigenvalue weighted by molar-refractivity contribution is -0.00114. The van der Waals surface area contributed by atoms with Gasteiger partial charge in [0.05, 0.1) is 12.6 Å². The molecule has 1 saturated heterocycles. The summed E-state index contributed by atoms with van der Waals surface area (Å²) >= 11 is 0. The van der Waals surface area contributed by atoms with Gasteiger partial charge in [-0.05, 0) is 68.1 Å². The van der Waals surface area contributed by atoms with Crippen molar-refractivity contribution >= 4 is 11.6 Å². The van der Waals surface area contributed by atoms with Crippen molar-refractivity contribution < 1.29 is 23.1 Å². The van der Waals surface area contributed by atoms with Crippen LogP contribution in [0.25, 0.3) is 5.57 Å². The van der Waals surface area contributed by atoms with Gasteiger partial charge in [0, 0.05) is 31.2 Å². The molecular formula is C28H32F3N3O2. The number of aliphatic hydroxyl groups excluding tert-OH is 1. The number of nitrogens with zero attached hydrogens (tertiary/aromatic N) is 3. The second kappa shape index (κ2) is 9.90. The maximum Gasteiger partial charge on any atom is 0.321 e. The normalized spacial score (nSPS) is 27.0. The van der Waals surface area contributed by atoms with Gasteiger partial charge in [0.15, 0.2) is 0 Å². The zero-order valence-corrected chi connectivity index (χ0v) is 20.4. The molecule has 3 atom stereocenters. The SMILES string of the molecule is CN1CCC(N(C(=O)N2CC(c3cc(F)ccc3F)=C[C@@]2(CO)c2ccccc2)C2CCC2)C(F)C1. The summed E-state index contributed by atoms with van der Waals surface area (Å²) in [6.45, 7) is 0.460. The van der Waals surface area contributed by atoms with Crippen molar-refractivity contribution in [1.29, 1.82) is 0 Å². The minimum atomic E-state index is -1.29. The summed E-state index contributed by atoms with van der Waals surface area (Å²) in [5.41, 5.74) is -0.170. The monoisotopic (exact) mass is 499 g/mol. The van der Waals surface area contributed by atoms with E-state index in [4.69, 9.17) is 0 Å². The number of hydrogen-bond acceptors (Lipinski definition) is 3. The number of piperidine rings is 1. The first-order valence-electron chi connectivity index (χ1n) is 12.6.